The number of benzene rings is 1. The normalized spacial score (nSPS) is 27.3. The molecule has 1 nitrogen and oxygen atoms in total. The molecule has 106 valence electrons. The second kappa shape index (κ2) is 6.65. The van der Waals surface area contributed by atoms with Crippen LogP contribution in [0.5, 0.6) is 5.75 Å². The molecule has 3 atom stereocenters. The van der Waals surface area contributed by atoms with Gasteiger partial charge in [-0.1, -0.05) is 31.0 Å². The Morgan fingerprint density at radius 3 is 2.79 bits per heavy atom. The van der Waals surface area contributed by atoms with Crippen LogP contribution < -0.4 is 4.74 Å². The zero-order valence-corrected chi connectivity index (χ0v) is 13.0. The van der Waals surface area contributed by atoms with Crippen molar-refractivity contribution < 1.29 is 4.74 Å². The predicted octanol–water partition coefficient (Wildman–Crippen LogP) is 4.98. The second-order valence-corrected chi connectivity index (χ2v) is 6.44. The smallest absolute Gasteiger partial charge is 0.122 e. The monoisotopic (exact) mass is 280 g/mol. The summed E-state index contributed by atoms with van der Waals surface area (Å²) >= 11 is 6.55. The van der Waals surface area contributed by atoms with Crippen LogP contribution in [0.15, 0.2) is 18.2 Å². The molecule has 2 heteroatoms. The Kier molecular flexibility index (Phi) is 5.15. The first kappa shape index (κ1) is 14.7. The van der Waals surface area contributed by atoms with E-state index >= 15 is 0 Å². The number of alkyl halides is 1. The zero-order valence-electron chi connectivity index (χ0n) is 12.3. The average molecular weight is 281 g/mol. The van der Waals surface area contributed by atoms with Crippen LogP contribution in [0.25, 0.3) is 0 Å². The molecule has 1 fully saturated rings. The highest BCUT2D eigenvalue weighted by Crippen LogP contribution is 2.37. The minimum absolute atomic E-state index is 0.327. The van der Waals surface area contributed by atoms with Gasteiger partial charge in [-0.15, -0.1) is 11.6 Å². The molecule has 0 aromatic heterocycles. The number of halogens is 1. The van der Waals surface area contributed by atoms with Gasteiger partial charge in [-0.3, -0.25) is 0 Å². The van der Waals surface area contributed by atoms with Crippen LogP contribution in [0.3, 0.4) is 0 Å². The fourth-order valence-electron chi connectivity index (χ4n) is 3.26. The molecule has 0 bridgehead atoms. The predicted molar refractivity (Wildman–Crippen MR) is 82.2 cm³/mol. The van der Waals surface area contributed by atoms with Gasteiger partial charge in [0.05, 0.1) is 7.11 Å². The van der Waals surface area contributed by atoms with Gasteiger partial charge in [-0.2, -0.15) is 0 Å². The summed E-state index contributed by atoms with van der Waals surface area (Å²) < 4.78 is 5.49. The van der Waals surface area contributed by atoms with Gasteiger partial charge in [0, 0.05) is 5.38 Å². The van der Waals surface area contributed by atoms with Crippen LogP contribution >= 0.6 is 11.6 Å². The molecule has 19 heavy (non-hydrogen) atoms. The van der Waals surface area contributed by atoms with Crippen LogP contribution in [-0.2, 0) is 6.42 Å². The molecular weight excluding hydrogens is 256 g/mol. The van der Waals surface area contributed by atoms with E-state index in [1.54, 1.807) is 7.11 Å². The van der Waals surface area contributed by atoms with Crippen molar-refractivity contribution in [2.75, 3.05) is 7.11 Å². The summed E-state index contributed by atoms with van der Waals surface area (Å²) in [5.74, 6) is 2.46. The molecule has 1 aromatic rings. The van der Waals surface area contributed by atoms with E-state index in [-0.39, 0.29) is 0 Å². The molecule has 0 N–H and O–H groups in total. The minimum Gasteiger partial charge on any atom is -0.496 e. The van der Waals surface area contributed by atoms with Crippen molar-refractivity contribution in [1.29, 1.82) is 0 Å². The third-order valence-electron chi connectivity index (χ3n) is 4.49. The number of rotatable bonds is 4. The molecular formula is C17H25ClO. The highest BCUT2D eigenvalue weighted by molar-refractivity contribution is 6.20. The minimum atomic E-state index is 0.327. The summed E-state index contributed by atoms with van der Waals surface area (Å²) in [6.45, 7) is 4.43. The maximum Gasteiger partial charge on any atom is 0.122 e. The Bertz CT molecular complexity index is 416. The first-order valence-electron chi connectivity index (χ1n) is 7.41. The second-order valence-electron chi connectivity index (χ2n) is 5.88. The molecule has 0 saturated heterocycles. The van der Waals surface area contributed by atoms with Gasteiger partial charge in [0.25, 0.3) is 0 Å². The summed E-state index contributed by atoms with van der Waals surface area (Å²) in [5.41, 5.74) is 2.61. The summed E-state index contributed by atoms with van der Waals surface area (Å²) in [6, 6.07) is 6.43. The van der Waals surface area contributed by atoms with Crippen LogP contribution in [0.2, 0.25) is 0 Å². The first-order chi connectivity index (χ1) is 9.13. The first-order valence-corrected chi connectivity index (χ1v) is 7.85. The van der Waals surface area contributed by atoms with Crippen molar-refractivity contribution in [2.24, 2.45) is 11.8 Å². The molecule has 1 aliphatic rings. The lowest BCUT2D eigenvalue weighted by molar-refractivity contribution is 0.263. The van der Waals surface area contributed by atoms with Crippen molar-refractivity contribution in [3.63, 3.8) is 0 Å². The van der Waals surface area contributed by atoms with Gasteiger partial charge >= 0.3 is 0 Å². The topological polar surface area (TPSA) is 9.23 Å². The van der Waals surface area contributed by atoms with E-state index in [0.717, 1.165) is 18.1 Å². The molecule has 1 saturated carbocycles. The van der Waals surface area contributed by atoms with Gasteiger partial charge in [0.2, 0.25) is 0 Å². The highest BCUT2D eigenvalue weighted by atomic mass is 35.5. The Hall–Kier alpha value is -0.690. The molecule has 0 spiro atoms. The van der Waals surface area contributed by atoms with Crippen LogP contribution in [0.1, 0.15) is 43.7 Å². The maximum absolute atomic E-state index is 6.55. The molecule has 2 rings (SSSR count). The number of ether oxygens (including phenoxy) is 1. The molecule has 1 aliphatic carbocycles. The summed E-state index contributed by atoms with van der Waals surface area (Å²) in [4.78, 5) is 0. The SMILES string of the molecule is CCC1CCC(Cl)C(Cc2cc(C)ccc2OC)C1. The highest BCUT2D eigenvalue weighted by Gasteiger charge is 2.29. The maximum atomic E-state index is 6.55. The molecule has 0 amide bonds. The van der Waals surface area contributed by atoms with Gasteiger partial charge in [0.1, 0.15) is 5.75 Å². The van der Waals surface area contributed by atoms with E-state index in [1.165, 1.54) is 36.8 Å². The summed E-state index contributed by atoms with van der Waals surface area (Å²) in [7, 11) is 1.75. The van der Waals surface area contributed by atoms with Crippen molar-refractivity contribution in [1.82, 2.24) is 0 Å². The average Bonchev–Trinajstić information content (AvgIpc) is 2.41. The van der Waals surface area contributed by atoms with Gasteiger partial charge in [-0.25, -0.2) is 0 Å². The van der Waals surface area contributed by atoms with E-state index < -0.39 is 0 Å². The van der Waals surface area contributed by atoms with E-state index in [2.05, 4.69) is 32.0 Å². The van der Waals surface area contributed by atoms with Gasteiger partial charge < -0.3 is 4.74 Å². The Morgan fingerprint density at radius 2 is 2.11 bits per heavy atom. The van der Waals surface area contributed by atoms with Crippen molar-refractivity contribution in [3.05, 3.63) is 29.3 Å². The Labute approximate surface area is 122 Å². The summed E-state index contributed by atoms with van der Waals surface area (Å²) in [6.07, 6.45) is 6.06. The number of hydrogen-bond donors (Lipinski definition) is 0. The fraction of sp³-hybridized carbons (Fsp3) is 0.647. The van der Waals surface area contributed by atoms with Crippen molar-refractivity contribution in [3.8, 4) is 5.75 Å². The van der Waals surface area contributed by atoms with E-state index in [0.29, 0.717) is 11.3 Å². The van der Waals surface area contributed by atoms with Crippen LogP contribution in [-0.4, -0.2) is 12.5 Å². The number of aryl methyl sites for hydroxylation is 1. The van der Waals surface area contributed by atoms with Gasteiger partial charge in [-0.05, 0) is 56.1 Å². The fourth-order valence-corrected chi connectivity index (χ4v) is 3.57. The van der Waals surface area contributed by atoms with Gasteiger partial charge in [0.15, 0.2) is 0 Å². The van der Waals surface area contributed by atoms with Crippen LogP contribution in [0.4, 0.5) is 0 Å². The largest absolute Gasteiger partial charge is 0.496 e. The Morgan fingerprint density at radius 1 is 1.32 bits per heavy atom. The molecule has 0 radical (unpaired) electrons. The molecule has 0 aliphatic heterocycles. The molecule has 3 unspecified atom stereocenters. The van der Waals surface area contributed by atoms with E-state index in [9.17, 15) is 0 Å². The number of hydrogen-bond acceptors (Lipinski definition) is 1. The van der Waals surface area contributed by atoms with Crippen molar-refractivity contribution in [2.45, 2.75) is 51.3 Å². The third-order valence-corrected chi connectivity index (χ3v) is 5.07. The van der Waals surface area contributed by atoms with Crippen LogP contribution in [0, 0.1) is 18.8 Å². The molecule has 0 heterocycles. The standard InChI is InChI=1S/C17H25ClO/c1-4-13-6-7-16(18)14(10-13)11-15-9-12(2)5-8-17(15)19-3/h5,8-9,13-14,16H,4,6-7,10-11H2,1-3H3. The quantitative estimate of drug-likeness (QED) is 0.707. The lowest BCUT2D eigenvalue weighted by Gasteiger charge is -2.33. The zero-order chi connectivity index (χ0) is 13.8. The van der Waals surface area contributed by atoms with E-state index in [1.807, 2.05) is 0 Å². The summed E-state index contributed by atoms with van der Waals surface area (Å²) in [5, 5.41) is 0.327. The Balaban J connectivity index is 2.12. The lowest BCUT2D eigenvalue weighted by Crippen LogP contribution is -2.27. The lowest BCUT2D eigenvalue weighted by atomic mass is 9.77. The third kappa shape index (κ3) is 3.66. The van der Waals surface area contributed by atoms with E-state index in [4.69, 9.17) is 16.3 Å². The molecule has 1 aromatic carbocycles. The van der Waals surface area contributed by atoms with Crippen molar-refractivity contribution >= 4 is 11.6 Å². The number of methoxy groups -OCH3 is 1.